The SMILES string of the molecule is Nc1c(Cl)ncnc1OCc1ccco1. The molecule has 0 fully saturated rings. The topological polar surface area (TPSA) is 74.2 Å². The van der Waals surface area contributed by atoms with Gasteiger partial charge >= 0.3 is 0 Å². The van der Waals surface area contributed by atoms with Crippen LogP contribution in [-0.2, 0) is 6.61 Å². The summed E-state index contributed by atoms with van der Waals surface area (Å²) in [5, 5.41) is 0.180. The zero-order chi connectivity index (χ0) is 10.7. The molecule has 0 aliphatic carbocycles. The van der Waals surface area contributed by atoms with Gasteiger partial charge in [-0.05, 0) is 12.1 Å². The van der Waals surface area contributed by atoms with E-state index in [1.54, 1.807) is 18.4 Å². The smallest absolute Gasteiger partial charge is 0.242 e. The molecule has 0 aromatic carbocycles. The number of rotatable bonds is 3. The standard InChI is InChI=1S/C9H8ClN3O2/c10-8-7(11)9(13-5-12-8)15-4-6-2-1-3-14-6/h1-3,5H,4,11H2. The zero-order valence-electron chi connectivity index (χ0n) is 7.68. The Bertz CT molecular complexity index is 445. The Hall–Kier alpha value is -1.75. The second-order valence-corrected chi connectivity index (χ2v) is 3.11. The summed E-state index contributed by atoms with van der Waals surface area (Å²) in [6.45, 7) is 0.255. The number of furan rings is 1. The fourth-order valence-corrected chi connectivity index (χ4v) is 1.13. The maximum atomic E-state index is 5.69. The number of anilines is 1. The molecule has 5 nitrogen and oxygen atoms in total. The highest BCUT2D eigenvalue weighted by atomic mass is 35.5. The van der Waals surface area contributed by atoms with Crippen molar-refractivity contribution in [3.8, 4) is 5.88 Å². The van der Waals surface area contributed by atoms with E-state index in [1.165, 1.54) is 6.33 Å². The molecule has 0 aliphatic rings. The van der Waals surface area contributed by atoms with E-state index < -0.39 is 0 Å². The first-order valence-electron chi connectivity index (χ1n) is 4.18. The first-order valence-corrected chi connectivity index (χ1v) is 4.56. The fraction of sp³-hybridized carbons (Fsp3) is 0.111. The van der Waals surface area contributed by atoms with Crippen LogP contribution in [0.1, 0.15) is 5.76 Å². The van der Waals surface area contributed by atoms with Crippen molar-refractivity contribution in [2.24, 2.45) is 0 Å². The van der Waals surface area contributed by atoms with Crippen LogP contribution in [0.2, 0.25) is 5.15 Å². The van der Waals surface area contributed by atoms with Gasteiger partial charge in [0, 0.05) is 0 Å². The molecule has 6 heteroatoms. The number of ether oxygens (including phenoxy) is 1. The van der Waals surface area contributed by atoms with Crippen LogP contribution in [0.5, 0.6) is 5.88 Å². The van der Waals surface area contributed by atoms with E-state index in [0.29, 0.717) is 5.76 Å². The van der Waals surface area contributed by atoms with E-state index in [2.05, 4.69) is 9.97 Å². The molecule has 78 valence electrons. The van der Waals surface area contributed by atoms with Gasteiger partial charge in [-0.3, -0.25) is 0 Å². The summed E-state index contributed by atoms with van der Waals surface area (Å²) in [6.07, 6.45) is 2.85. The van der Waals surface area contributed by atoms with Gasteiger partial charge in [-0.1, -0.05) is 11.6 Å². The van der Waals surface area contributed by atoms with Gasteiger partial charge < -0.3 is 14.9 Å². The van der Waals surface area contributed by atoms with E-state index in [9.17, 15) is 0 Å². The summed E-state index contributed by atoms with van der Waals surface area (Å²) in [7, 11) is 0. The quantitative estimate of drug-likeness (QED) is 0.808. The van der Waals surface area contributed by atoms with Crippen LogP contribution >= 0.6 is 11.6 Å². The Balaban J connectivity index is 2.08. The van der Waals surface area contributed by atoms with Crippen LogP contribution in [0.15, 0.2) is 29.1 Å². The predicted octanol–water partition coefficient (Wildman–Crippen LogP) is 1.88. The lowest BCUT2D eigenvalue weighted by atomic mass is 10.5. The number of nitrogen functional groups attached to an aromatic ring is 1. The highest BCUT2D eigenvalue weighted by Crippen LogP contribution is 2.24. The van der Waals surface area contributed by atoms with Crippen LogP contribution < -0.4 is 10.5 Å². The minimum Gasteiger partial charge on any atom is -0.468 e. The van der Waals surface area contributed by atoms with Gasteiger partial charge in [0.15, 0.2) is 5.15 Å². The highest BCUT2D eigenvalue weighted by Gasteiger charge is 2.07. The van der Waals surface area contributed by atoms with Crippen molar-refractivity contribution >= 4 is 17.3 Å². The minimum atomic E-state index is 0.180. The Morgan fingerprint density at radius 2 is 2.33 bits per heavy atom. The fourth-order valence-electron chi connectivity index (χ4n) is 1.01. The third kappa shape index (κ3) is 2.19. The summed E-state index contributed by atoms with van der Waals surface area (Å²) in [6, 6.07) is 3.56. The Morgan fingerprint density at radius 3 is 3.07 bits per heavy atom. The molecular formula is C9H8ClN3O2. The van der Waals surface area contributed by atoms with Gasteiger partial charge in [0.2, 0.25) is 5.88 Å². The van der Waals surface area contributed by atoms with Crippen molar-refractivity contribution < 1.29 is 9.15 Å². The predicted molar refractivity (Wildman–Crippen MR) is 54.5 cm³/mol. The molecule has 0 bridgehead atoms. The molecule has 0 spiro atoms. The molecule has 0 aliphatic heterocycles. The molecule has 0 saturated carbocycles. The normalized spacial score (nSPS) is 10.2. The van der Waals surface area contributed by atoms with Gasteiger partial charge in [0.05, 0.1) is 6.26 Å². The van der Waals surface area contributed by atoms with Crippen molar-refractivity contribution in [1.82, 2.24) is 9.97 Å². The largest absolute Gasteiger partial charge is 0.468 e. The third-order valence-corrected chi connectivity index (χ3v) is 2.03. The number of hydrogen-bond donors (Lipinski definition) is 1. The molecular weight excluding hydrogens is 218 g/mol. The molecule has 15 heavy (non-hydrogen) atoms. The average Bonchev–Trinajstić information content (AvgIpc) is 2.73. The molecule has 0 saturated heterocycles. The molecule has 2 aromatic rings. The molecule has 0 atom stereocenters. The van der Waals surface area contributed by atoms with Crippen molar-refractivity contribution in [2.75, 3.05) is 5.73 Å². The van der Waals surface area contributed by atoms with Crippen molar-refractivity contribution in [3.05, 3.63) is 35.6 Å². The summed E-state index contributed by atoms with van der Waals surface area (Å²) < 4.78 is 10.4. The molecule has 2 heterocycles. The molecule has 0 radical (unpaired) electrons. The molecule has 0 amide bonds. The molecule has 2 N–H and O–H groups in total. The number of nitrogens with zero attached hydrogens (tertiary/aromatic N) is 2. The van der Waals surface area contributed by atoms with Crippen LogP contribution in [-0.4, -0.2) is 9.97 Å². The second-order valence-electron chi connectivity index (χ2n) is 2.75. The summed E-state index contributed by atoms with van der Waals surface area (Å²) in [5.74, 6) is 0.940. The molecule has 2 rings (SSSR count). The van der Waals surface area contributed by atoms with Gasteiger partial charge in [0.25, 0.3) is 0 Å². The average molecular weight is 226 g/mol. The van der Waals surface area contributed by atoms with Gasteiger partial charge in [-0.15, -0.1) is 0 Å². The van der Waals surface area contributed by atoms with E-state index in [4.69, 9.17) is 26.5 Å². The summed E-state index contributed by atoms with van der Waals surface area (Å²) >= 11 is 5.69. The van der Waals surface area contributed by atoms with Crippen molar-refractivity contribution in [1.29, 1.82) is 0 Å². The maximum Gasteiger partial charge on any atom is 0.242 e. The Kier molecular flexibility index (Phi) is 2.73. The lowest BCUT2D eigenvalue weighted by molar-refractivity contribution is 0.261. The Morgan fingerprint density at radius 1 is 1.47 bits per heavy atom. The first-order chi connectivity index (χ1) is 7.27. The van der Waals surface area contributed by atoms with Crippen LogP contribution in [0.3, 0.4) is 0 Å². The lowest BCUT2D eigenvalue weighted by Crippen LogP contribution is -2.01. The molecule has 2 aromatic heterocycles. The van der Waals surface area contributed by atoms with Gasteiger partial charge in [-0.2, -0.15) is 4.98 Å². The van der Waals surface area contributed by atoms with E-state index in [-0.39, 0.29) is 23.3 Å². The van der Waals surface area contributed by atoms with E-state index >= 15 is 0 Å². The highest BCUT2D eigenvalue weighted by molar-refractivity contribution is 6.32. The van der Waals surface area contributed by atoms with Crippen LogP contribution in [0, 0.1) is 0 Å². The number of halogens is 1. The third-order valence-electron chi connectivity index (χ3n) is 1.73. The van der Waals surface area contributed by atoms with Crippen LogP contribution in [0.25, 0.3) is 0 Å². The van der Waals surface area contributed by atoms with Crippen molar-refractivity contribution in [2.45, 2.75) is 6.61 Å². The zero-order valence-corrected chi connectivity index (χ0v) is 8.44. The maximum absolute atomic E-state index is 5.69. The number of hydrogen-bond acceptors (Lipinski definition) is 5. The van der Waals surface area contributed by atoms with E-state index in [0.717, 1.165) is 0 Å². The summed E-state index contributed by atoms with van der Waals surface area (Å²) in [5.41, 5.74) is 5.84. The summed E-state index contributed by atoms with van der Waals surface area (Å²) in [4.78, 5) is 7.56. The lowest BCUT2D eigenvalue weighted by Gasteiger charge is -2.05. The minimum absolute atomic E-state index is 0.180. The van der Waals surface area contributed by atoms with Gasteiger partial charge in [-0.25, -0.2) is 4.98 Å². The Labute approximate surface area is 90.8 Å². The van der Waals surface area contributed by atoms with Crippen LogP contribution in [0.4, 0.5) is 5.69 Å². The van der Waals surface area contributed by atoms with Gasteiger partial charge in [0.1, 0.15) is 24.4 Å². The number of aromatic nitrogens is 2. The van der Waals surface area contributed by atoms with E-state index in [1.807, 2.05) is 0 Å². The van der Waals surface area contributed by atoms with Crippen molar-refractivity contribution in [3.63, 3.8) is 0 Å². The molecule has 0 unspecified atom stereocenters. The second kappa shape index (κ2) is 4.18. The number of nitrogens with two attached hydrogens (primary N) is 1. The first kappa shape index (κ1) is 9.79. The monoisotopic (exact) mass is 225 g/mol.